The molecule has 3 amide bonds. The quantitative estimate of drug-likeness (QED) is 0.231. The fraction of sp³-hybridized carbons (Fsp3) is 0.730. The molecule has 9 fully saturated rings. The number of hydrogen-bond donors (Lipinski definition) is 3. The largest absolute Gasteiger partial charge is 0.490 e. The van der Waals surface area contributed by atoms with E-state index < -0.39 is 23.1 Å². The first kappa shape index (κ1) is 52.3. The molecule has 11 aliphatic rings. The van der Waals surface area contributed by atoms with E-state index in [0.717, 1.165) is 126 Å². The Hall–Kier alpha value is -4.08. The molecule has 13 rings (SSSR count). The summed E-state index contributed by atoms with van der Waals surface area (Å²) in [6.07, 6.45) is 16.0. The maximum Gasteiger partial charge on any atom is 0.323 e. The predicted molar refractivity (Wildman–Crippen MR) is 287 cm³/mol. The second-order valence-electron chi connectivity index (χ2n) is 27.6. The maximum atomic E-state index is 15.1. The Morgan fingerprint density at radius 2 is 1.51 bits per heavy atom. The highest BCUT2D eigenvalue weighted by Crippen LogP contribution is 2.56. The van der Waals surface area contributed by atoms with E-state index in [1.54, 1.807) is 11.8 Å². The van der Waals surface area contributed by atoms with Gasteiger partial charge < -0.3 is 49.3 Å². The van der Waals surface area contributed by atoms with Gasteiger partial charge in [-0.3, -0.25) is 19.2 Å². The number of piperidine rings is 1. The van der Waals surface area contributed by atoms with E-state index in [1.165, 1.54) is 12.0 Å². The maximum absolute atomic E-state index is 15.1. The Morgan fingerprint density at radius 1 is 0.779 bits per heavy atom. The molecule has 1 radical (unpaired) electrons. The lowest BCUT2D eigenvalue weighted by Gasteiger charge is -2.59. The van der Waals surface area contributed by atoms with Crippen LogP contribution in [0.4, 0.5) is 0 Å². The van der Waals surface area contributed by atoms with Crippen LogP contribution in [0.2, 0.25) is 0 Å². The third-order valence-electron chi connectivity index (χ3n) is 21.2. The van der Waals surface area contributed by atoms with Crippen LogP contribution in [0.1, 0.15) is 153 Å². The second kappa shape index (κ2) is 20.5. The highest BCUT2D eigenvalue weighted by molar-refractivity contribution is 5.94. The highest BCUT2D eigenvalue weighted by atomic mass is 16.6. The topological polar surface area (TPSA) is 163 Å². The molecule has 14 heteroatoms. The SMILES string of the molecule is C[CH]C(=O)N[C@H](C(=O)N1Cc2cc(OC3C4CC5CC6CC7CC(C)(C)OC(=O)C7NC6CC5CC4OC4CC5CC6OC7CCOCC7CC6OC5CC43)ccc2C[C@H]1C(=O)N[C@@H]1CCCc2ccccc21)C(C)(C)C. The van der Waals surface area contributed by atoms with Crippen LogP contribution in [0.3, 0.4) is 0 Å². The van der Waals surface area contributed by atoms with Gasteiger partial charge in [-0.05, 0) is 173 Å². The predicted octanol–water partition coefficient (Wildman–Crippen LogP) is 7.91. The van der Waals surface area contributed by atoms with Crippen molar-refractivity contribution in [2.24, 2.45) is 52.8 Å². The Bertz CT molecular complexity index is 2580. The smallest absolute Gasteiger partial charge is 0.323 e. The molecule has 0 spiro atoms. The molecule has 2 aromatic carbocycles. The fourth-order valence-corrected chi connectivity index (χ4v) is 17.5. The van der Waals surface area contributed by atoms with Crippen LogP contribution in [0.15, 0.2) is 42.5 Å². The summed E-state index contributed by atoms with van der Waals surface area (Å²) in [5.41, 5.74) is 3.30. The molecule has 77 heavy (non-hydrogen) atoms. The summed E-state index contributed by atoms with van der Waals surface area (Å²) in [6.45, 7) is 13.4. The van der Waals surface area contributed by atoms with Gasteiger partial charge in [-0.2, -0.15) is 0 Å². The molecule has 4 aliphatic carbocycles. The second-order valence-corrected chi connectivity index (χ2v) is 27.6. The third kappa shape index (κ3) is 10.1. The molecule has 3 N–H and O–H groups in total. The molecule has 417 valence electrons. The van der Waals surface area contributed by atoms with Crippen molar-refractivity contribution in [1.82, 2.24) is 20.9 Å². The molecule has 0 bridgehead atoms. The zero-order valence-corrected chi connectivity index (χ0v) is 46.4. The molecule has 3 saturated carbocycles. The van der Waals surface area contributed by atoms with Crippen molar-refractivity contribution >= 4 is 23.7 Å². The molecule has 17 unspecified atom stereocenters. The summed E-state index contributed by atoms with van der Waals surface area (Å²) >= 11 is 0. The van der Waals surface area contributed by atoms with Crippen LogP contribution in [-0.2, 0) is 62.2 Å². The van der Waals surface area contributed by atoms with Gasteiger partial charge in [0, 0.05) is 49.8 Å². The van der Waals surface area contributed by atoms with E-state index in [9.17, 15) is 14.4 Å². The molecule has 0 aromatic heterocycles. The monoisotopic (exact) mass is 1060 g/mol. The minimum absolute atomic E-state index is 0.0231. The number of nitrogens with zero attached hydrogens (tertiary/aromatic N) is 1. The van der Waals surface area contributed by atoms with Crippen LogP contribution in [0.25, 0.3) is 0 Å². The van der Waals surface area contributed by atoms with Gasteiger partial charge in [0.05, 0.1) is 49.3 Å². The standard InChI is InChI=1S/C63H85N4O10/c1-7-55(68)66-58(62(2,3)4)60(70)67-31-40-21-42(16-15-34(40)24-48(67)59(69)65-46-14-10-12-33-11-8-9-13-43(33)46)73-57-44-22-35-19-37-20-39-30-63(5,6)77-61(71)56(39)64-47(37)23-36(35)25-51(44)76-52-26-38-27-53-54(75-50(38)29-45(52)57)28-41-32-72-18-17-49(41)74-53/h7-9,11,13,15-16,21,35-39,41,44-54,56-58,64H,10,12,14,17-20,22-32H2,1-6H3,(H,65,69)(H,66,68)/t35?,36?,37?,38?,39?,41?,44?,45?,46-,47?,48+,49?,50?,51?,52?,53?,54?,56?,57?,58-/m1/s1. The Kier molecular flexibility index (Phi) is 13.9. The van der Waals surface area contributed by atoms with E-state index in [-0.39, 0.29) is 103 Å². The lowest BCUT2D eigenvalue weighted by atomic mass is 9.56. The van der Waals surface area contributed by atoms with Gasteiger partial charge in [-0.25, -0.2) is 0 Å². The Morgan fingerprint density at radius 3 is 2.32 bits per heavy atom. The normalized spacial score (nSPS) is 40.9. The number of aryl methyl sites for hydroxylation is 1. The van der Waals surface area contributed by atoms with Gasteiger partial charge >= 0.3 is 5.97 Å². The lowest BCUT2D eigenvalue weighted by Crippen LogP contribution is -2.65. The average molecular weight is 1060 g/mol. The number of amides is 3. The van der Waals surface area contributed by atoms with E-state index >= 15 is 4.79 Å². The molecule has 2 aromatic rings. The summed E-state index contributed by atoms with van der Waals surface area (Å²) < 4.78 is 40.9. The number of fused-ring (bicyclic) bond motifs is 10. The molecule has 6 saturated heterocycles. The van der Waals surface area contributed by atoms with Crippen LogP contribution >= 0.6 is 0 Å². The van der Waals surface area contributed by atoms with Gasteiger partial charge in [0.1, 0.15) is 35.6 Å². The lowest BCUT2D eigenvalue weighted by molar-refractivity contribution is -0.271. The molecular weight excluding hydrogens is 973 g/mol. The number of cyclic esters (lactones) is 1. The molecule has 7 heterocycles. The van der Waals surface area contributed by atoms with Crippen LogP contribution in [-0.4, -0.2) is 114 Å². The van der Waals surface area contributed by atoms with Crippen molar-refractivity contribution < 1.29 is 47.6 Å². The third-order valence-corrected chi connectivity index (χ3v) is 21.2. The highest BCUT2D eigenvalue weighted by Gasteiger charge is 2.59. The first-order chi connectivity index (χ1) is 37.0. The number of benzene rings is 2. The zero-order valence-electron chi connectivity index (χ0n) is 46.4. The van der Waals surface area contributed by atoms with Gasteiger partial charge in [0.2, 0.25) is 17.7 Å². The summed E-state index contributed by atoms with van der Waals surface area (Å²) in [7, 11) is 0. The van der Waals surface area contributed by atoms with Gasteiger partial charge in [0.15, 0.2) is 0 Å². The van der Waals surface area contributed by atoms with Crippen molar-refractivity contribution in [3.05, 3.63) is 71.1 Å². The van der Waals surface area contributed by atoms with Crippen LogP contribution in [0.5, 0.6) is 5.75 Å². The summed E-state index contributed by atoms with van der Waals surface area (Å²) in [5, 5.41) is 10.3. The molecule has 14 nitrogen and oxygen atoms in total. The minimum Gasteiger partial charge on any atom is -0.490 e. The molecule has 20 atom stereocenters. The number of nitrogens with one attached hydrogen (secondary N) is 3. The van der Waals surface area contributed by atoms with Gasteiger partial charge in [0.25, 0.3) is 0 Å². The zero-order chi connectivity index (χ0) is 53.1. The number of carbonyl (C=O) groups excluding carboxylic acids is 4. The van der Waals surface area contributed by atoms with Gasteiger partial charge in [-0.1, -0.05) is 58.0 Å². The van der Waals surface area contributed by atoms with Crippen molar-refractivity contribution in [1.29, 1.82) is 0 Å². The first-order valence-corrected chi connectivity index (χ1v) is 30.1. The summed E-state index contributed by atoms with van der Waals surface area (Å²) in [4.78, 5) is 58.0. The van der Waals surface area contributed by atoms with Crippen LogP contribution < -0.4 is 20.7 Å². The number of ether oxygens (including phenoxy) is 6. The first-order valence-electron chi connectivity index (χ1n) is 30.1. The summed E-state index contributed by atoms with van der Waals surface area (Å²) in [5.74, 6) is 2.79. The minimum atomic E-state index is -0.860. The van der Waals surface area contributed by atoms with Crippen LogP contribution in [0, 0.1) is 59.2 Å². The van der Waals surface area contributed by atoms with E-state index in [2.05, 4.69) is 66.2 Å². The number of rotatable bonds is 7. The van der Waals surface area contributed by atoms with E-state index in [4.69, 9.17) is 28.4 Å². The fourth-order valence-electron chi connectivity index (χ4n) is 17.5. The molecule has 7 aliphatic heterocycles. The average Bonchev–Trinajstić information content (AvgIpc) is 3.46. The Balaban J connectivity index is 0.793. The van der Waals surface area contributed by atoms with E-state index in [1.807, 2.05) is 26.8 Å². The Labute approximate surface area is 456 Å². The van der Waals surface area contributed by atoms with Gasteiger partial charge in [-0.15, -0.1) is 0 Å². The van der Waals surface area contributed by atoms with E-state index in [0.29, 0.717) is 42.1 Å². The van der Waals surface area contributed by atoms with Crippen molar-refractivity contribution in [3.8, 4) is 5.75 Å². The van der Waals surface area contributed by atoms with Crippen molar-refractivity contribution in [2.75, 3.05) is 13.2 Å². The molecular formula is C63H85N4O10. The summed E-state index contributed by atoms with van der Waals surface area (Å²) in [6, 6.07) is 13.0. The van der Waals surface area contributed by atoms with Crippen molar-refractivity contribution in [2.45, 2.75) is 223 Å². The van der Waals surface area contributed by atoms with Crippen molar-refractivity contribution in [3.63, 3.8) is 0 Å². The number of carbonyl (C=O) groups is 4. The number of esters is 1. The number of hydrogen-bond acceptors (Lipinski definition) is 11.